The highest BCUT2D eigenvalue weighted by molar-refractivity contribution is 5.66. The Bertz CT molecular complexity index is 510. The number of hydrogen-bond donors (Lipinski definition) is 1. The van der Waals surface area contributed by atoms with Crippen molar-refractivity contribution in [2.45, 2.75) is 26.4 Å². The van der Waals surface area contributed by atoms with Gasteiger partial charge in [-0.15, -0.1) is 0 Å². The molecular weight excluding hydrogens is 234 g/mol. The molecule has 2 heteroatoms. The molecule has 1 atom stereocenters. The lowest BCUT2D eigenvalue weighted by molar-refractivity contribution is 0.174. The van der Waals surface area contributed by atoms with Gasteiger partial charge in [-0.25, -0.2) is 0 Å². The standard InChI is InChI=1S/C17H21NO/c1-3-17(19)15-12-8-9-13-16(15)18(4-2)14-10-6-5-7-11-14/h5-13,17,19H,3-4H2,1-2H3. The summed E-state index contributed by atoms with van der Waals surface area (Å²) in [4.78, 5) is 2.23. The molecule has 2 nitrogen and oxygen atoms in total. The van der Waals surface area contributed by atoms with Gasteiger partial charge in [-0.2, -0.15) is 0 Å². The van der Waals surface area contributed by atoms with Gasteiger partial charge in [0, 0.05) is 23.5 Å². The van der Waals surface area contributed by atoms with Gasteiger partial charge in [0.05, 0.1) is 6.10 Å². The molecule has 0 amide bonds. The molecule has 0 saturated carbocycles. The lowest BCUT2D eigenvalue weighted by Gasteiger charge is -2.27. The third-order valence-electron chi connectivity index (χ3n) is 3.36. The largest absolute Gasteiger partial charge is 0.388 e. The second-order valence-electron chi connectivity index (χ2n) is 4.56. The van der Waals surface area contributed by atoms with Gasteiger partial charge in [-0.05, 0) is 31.5 Å². The molecule has 0 saturated heterocycles. The van der Waals surface area contributed by atoms with Gasteiger partial charge in [0.15, 0.2) is 0 Å². The van der Waals surface area contributed by atoms with E-state index in [-0.39, 0.29) is 0 Å². The molecule has 0 radical (unpaired) electrons. The minimum atomic E-state index is -0.408. The Morgan fingerprint density at radius 1 is 0.947 bits per heavy atom. The van der Waals surface area contributed by atoms with Crippen LogP contribution in [0.5, 0.6) is 0 Å². The van der Waals surface area contributed by atoms with E-state index in [1.807, 2.05) is 43.3 Å². The van der Waals surface area contributed by atoms with Gasteiger partial charge in [0.1, 0.15) is 0 Å². The van der Waals surface area contributed by atoms with Crippen molar-refractivity contribution in [3.63, 3.8) is 0 Å². The quantitative estimate of drug-likeness (QED) is 0.861. The third kappa shape index (κ3) is 2.96. The molecule has 0 heterocycles. The number of nitrogens with zero attached hydrogens (tertiary/aromatic N) is 1. The Balaban J connectivity index is 2.44. The van der Waals surface area contributed by atoms with Crippen molar-refractivity contribution in [2.24, 2.45) is 0 Å². The van der Waals surface area contributed by atoms with Crippen molar-refractivity contribution in [1.82, 2.24) is 0 Å². The predicted octanol–water partition coefficient (Wildman–Crippen LogP) is 4.29. The molecule has 0 bridgehead atoms. The molecule has 1 unspecified atom stereocenters. The number of hydrogen-bond acceptors (Lipinski definition) is 2. The summed E-state index contributed by atoms with van der Waals surface area (Å²) in [6.45, 7) is 5.00. The van der Waals surface area contributed by atoms with E-state index in [1.54, 1.807) is 0 Å². The number of para-hydroxylation sites is 2. The van der Waals surface area contributed by atoms with E-state index in [1.165, 1.54) is 0 Å². The van der Waals surface area contributed by atoms with Crippen molar-refractivity contribution in [3.05, 3.63) is 60.2 Å². The Morgan fingerprint density at radius 3 is 2.21 bits per heavy atom. The molecule has 19 heavy (non-hydrogen) atoms. The first-order valence-electron chi connectivity index (χ1n) is 6.87. The van der Waals surface area contributed by atoms with Gasteiger partial charge in [-0.3, -0.25) is 0 Å². The van der Waals surface area contributed by atoms with Crippen LogP contribution >= 0.6 is 0 Å². The number of anilines is 2. The number of aliphatic hydroxyl groups is 1. The first-order chi connectivity index (χ1) is 9.27. The Kier molecular flexibility index (Phi) is 4.58. The van der Waals surface area contributed by atoms with Gasteiger partial charge in [-0.1, -0.05) is 43.3 Å². The molecule has 2 aromatic carbocycles. The highest BCUT2D eigenvalue weighted by atomic mass is 16.3. The van der Waals surface area contributed by atoms with Gasteiger partial charge >= 0.3 is 0 Å². The summed E-state index contributed by atoms with van der Waals surface area (Å²) >= 11 is 0. The van der Waals surface area contributed by atoms with Crippen LogP contribution in [0.25, 0.3) is 0 Å². The number of rotatable bonds is 5. The zero-order chi connectivity index (χ0) is 13.7. The zero-order valence-electron chi connectivity index (χ0n) is 11.6. The van der Waals surface area contributed by atoms with Crippen molar-refractivity contribution >= 4 is 11.4 Å². The molecule has 0 aliphatic carbocycles. The predicted molar refractivity (Wildman–Crippen MR) is 80.8 cm³/mol. The van der Waals surface area contributed by atoms with Gasteiger partial charge in [0.25, 0.3) is 0 Å². The molecule has 0 aromatic heterocycles. The van der Waals surface area contributed by atoms with E-state index in [2.05, 4.69) is 30.0 Å². The maximum atomic E-state index is 10.2. The maximum Gasteiger partial charge on any atom is 0.0807 e. The molecular formula is C17H21NO. The normalized spacial score (nSPS) is 12.2. The Labute approximate surface area is 115 Å². The van der Waals surface area contributed by atoms with Crippen LogP contribution in [-0.4, -0.2) is 11.7 Å². The summed E-state index contributed by atoms with van der Waals surface area (Å²) in [5.74, 6) is 0. The molecule has 0 aliphatic heterocycles. The van der Waals surface area contributed by atoms with Crippen molar-refractivity contribution in [1.29, 1.82) is 0 Å². The average Bonchev–Trinajstić information content (AvgIpc) is 2.49. The average molecular weight is 255 g/mol. The molecule has 0 spiro atoms. The Hall–Kier alpha value is -1.80. The zero-order valence-corrected chi connectivity index (χ0v) is 11.6. The van der Waals surface area contributed by atoms with E-state index in [4.69, 9.17) is 0 Å². The van der Waals surface area contributed by atoms with E-state index in [0.717, 1.165) is 29.9 Å². The van der Waals surface area contributed by atoms with Crippen LogP contribution in [-0.2, 0) is 0 Å². The number of aliphatic hydroxyl groups excluding tert-OH is 1. The summed E-state index contributed by atoms with van der Waals surface area (Å²) < 4.78 is 0. The van der Waals surface area contributed by atoms with E-state index >= 15 is 0 Å². The summed E-state index contributed by atoms with van der Waals surface area (Å²) in [7, 11) is 0. The van der Waals surface area contributed by atoms with Crippen molar-refractivity contribution in [3.8, 4) is 0 Å². The highest BCUT2D eigenvalue weighted by Crippen LogP contribution is 2.32. The van der Waals surface area contributed by atoms with E-state index in [9.17, 15) is 5.11 Å². The summed E-state index contributed by atoms with van der Waals surface area (Å²) in [5, 5.41) is 10.2. The minimum absolute atomic E-state index is 0.408. The van der Waals surface area contributed by atoms with Crippen LogP contribution in [0.2, 0.25) is 0 Å². The van der Waals surface area contributed by atoms with Gasteiger partial charge in [0.2, 0.25) is 0 Å². The fourth-order valence-corrected chi connectivity index (χ4v) is 2.33. The van der Waals surface area contributed by atoms with Crippen LogP contribution in [0.4, 0.5) is 11.4 Å². The molecule has 100 valence electrons. The lowest BCUT2D eigenvalue weighted by atomic mass is 10.0. The van der Waals surface area contributed by atoms with Crippen LogP contribution in [0.1, 0.15) is 31.9 Å². The summed E-state index contributed by atoms with van der Waals surface area (Å²) in [6.07, 6.45) is 0.317. The number of benzene rings is 2. The first kappa shape index (κ1) is 13.6. The van der Waals surface area contributed by atoms with E-state index < -0.39 is 6.10 Å². The van der Waals surface area contributed by atoms with Crippen LogP contribution < -0.4 is 4.90 Å². The topological polar surface area (TPSA) is 23.5 Å². The third-order valence-corrected chi connectivity index (χ3v) is 3.36. The first-order valence-corrected chi connectivity index (χ1v) is 6.87. The SMILES string of the molecule is CCC(O)c1ccccc1N(CC)c1ccccc1. The second-order valence-corrected chi connectivity index (χ2v) is 4.56. The summed E-state index contributed by atoms with van der Waals surface area (Å²) in [6, 6.07) is 18.4. The second kappa shape index (κ2) is 6.39. The van der Waals surface area contributed by atoms with Crippen molar-refractivity contribution < 1.29 is 5.11 Å². The molecule has 1 N–H and O–H groups in total. The smallest absolute Gasteiger partial charge is 0.0807 e. The molecule has 0 aliphatic rings. The van der Waals surface area contributed by atoms with E-state index in [0.29, 0.717) is 0 Å². The molecule has 2 rings (SSSR count). The maximum absolute atomic E-state index is 10.2. The van der Waals surface area contributed by atoms with Crippen molar-refractivity contribution in [2.75, 3.05) is 11.4 Å². The monoisotopic (exact) mass is 255 g/mol. The van der Waals surface area contributed by atoms with Crippen LogP contribution in [0.3, 0.4) is 0 Å². The highest BCUT2D eigenvalue weighted by Gasteiger charge is 2.15. The fraction of sp³-hybridized carbons (Fsp3) is 0.294. The molecule has 0 fully saturated rings. The van der Waals surface area contributed by atoms with Crippen LogP contribution in [0, 0.1) is 0 Å². The summed E-state index contributed by atoms with van der Waals surface area (Å²) in [5.41, 5.74) is 3.24. The van der Waals surface area contributed by atoms with Gasteiger partial charge < -0.3 is 10.0 Å². The van der Waals surface area contributed by atoms with Crippen LogP contribution in [0.15, 0.2) is 54.6 Å². The minimum Gasteiger partial charge on any atom is -0.388 e. The molecule has 2 aromatic rings. The Morgan fingerprint density at radius 2 is 1.58 bits per heavy atom. The fourth-order valence-electron chi connectivity index (χ4n) is 2.33. The lowest BCUT2D eigenvalue weighted by Crippen LogP contribution is -2.18.